The molecule has 3 rings (SSSR count). The van der Waals surface area contributed by atoms with Crippen LogP contribution in [0.2, 0.25) is 0 Å². The van der Waals surface area contributed by atoms with E-state index in [4.69, 9.17) is 0 Å². The van der Waals surface area contributed by atoms with Gasteiger partial charge in [-0.05, 0) is 26.2 Å². The molecule has 1 aliphatic heterocycles. The van der Waals surface area contributed by atoms with E-state index in [1.54, 1.807) is 0 Å². The van der Waals surface area contributed by atoms with E-state index in [0.29, 0.717) is 12.1 Å². The van der Waals surface area contributed by atoms with Crippen molar-refractivity contribution in [1.82, 2.24) is 24.6 Å². The number of imidazole rings is 1. The molecule has 96 valence electrons. The van der Waals surface area contributed by atoms with E-state index >= 15 is 0 Å². The van der Waals surface area contributed by atoms with Crippen LogP contribution in [0.25, 0.3) is 5.82 Å². The number of hydrogen-bond donors (Lipinski definition) is 1. The summed E-state index contributed by atoms with van der Waals surface area (Å²) in [4.78, 5) is 4.28. The first kappa shape index (κ1) is 11.5. The average Bonchev–Trinajstić information content (AvgIpc) is 2.96. The summed E-state index contributed by atoms with van der Waals surface area (Å²) >= 11 is 0. The first-order chi connectivity index (χ1) is 8.74. The van der Waals surface area contributed by atoms with Crippen molar-refractivity contribution in [3.63, 3.8) is 0 Å². The summed E-state index contributed by atoms with van der Waals surface area (Å²) in [6.07, 6.45) is 9.45. The van der Waals surface area contributed by atoms with Crippen molar-refractivity contribution in [2.45, 2.75) is 38.3 Å². The molecule has 0 aromatic carbocycles. The summed E-state index contributed by atoms with van der Waals surface area (Å²) in [6.45, 7) is 2.24. The van der Waals surface area contributed by atoms with Gasteiger partial charge in [0.05, 0.1) is 11.9 Å². The molecule has 2 unspecified atom stereocenters. The molecule has 3 heterocycles. The molecule has 0 radical (unpaired) electrons. The van der Waals surface area contributed by atoms with Gasteiger partial charge in [-0.25, -0.2) is 4.98 Å². The minimum absolute atomic E-state index is 0.387. The molecule has 1 saturated heterocycles. The third-order valence-corrected chi connectivity index (χ3v) is 3.59. The quantitative estimate of drug-likeness (QED) is 0.877. The first-order valence-corrected chi connectivity index (χ1v) is 6.52. The lowest BCUT2D eigenvalue weighted by Gasteiger charge is -2.29. The summed E-state index contributed by atoms with van der Waals surface area (Å²) < 4.78 is 3.89. The van der Waals surface area contributed by atoms with Gasteiger partial charge < -0.3 is 5.32 Å². The van der Waals surface area contributed by atoms with Crippen LogP contribution in [0.5, 0.6) is 0 Å². The van der Waals surface area contributed by atoms with Crippen LogP contribution in [-0.2, 0) is 7.05 Å². The maximum atomic E-state index is 4.44. The second kappa shape index (κ2) is 4.57. The molecule has 5 nitrogen and oxygen atoms in total. The Morgan fingerprint density at radius 1 is 1.39 bits per heavy atom. The zero-order valence-corrected chi connectivity index (χ0v) is 10.9. The third kappa shape index (κ3) is 2.06. The fourth-order valence-electron chi connectivity index (χ4n) is 2.66. The largest absolute Gasteiger partial charge is 0.306 e. The lowest BCUT2D eigenvalue weighted by atomic mass is 9.97. The highest BCUT2D eigenvalue weighted by molar-refractivity contribution is 5.25. The van der Waals surface area contributed by atoms with Crippen LogP contribution in [0.3, 0.4) is 0 Å². The molecular formula is C13H19N5. The number of nitrogens with one attached hydrogen (secondary N) is 1. The molecule has 1 fully saturated rings. The minimum Gasteiger partial charge on any atom is -0.306 e. The van der Waals surface area contributed by atoms with E-state index in [1.165, 1.54) is 25.0 Å². The van der Waals surface area contributed by atoms with E-state index in [-0.39, 0.29) is 0 Å². The summed E-state index contributed by atoms with van der Waals surface area (Å²) in [5.41, 5.74) is 1.21. The summed E-state index contributed by atoms with van der Waals surface area (Å²) in [5, 5.41) is 8.08. The number of rotatable bonds is 2. The van der Waals surface area contributed by atoms with Crippen LogP contribution in [0.4, 0.5) is 0 Å². The molecular weight excluding hydrogens is 226 g/mol. The van der Waals surface area contributed by atoms with Gasteiger partial charge in [0.25, 0.3) is 0 Å². The number of aryl methyl sites for hydroxylation is 1. The van der Waals surface area contributed by atoms with Gasteiger partial charge in [-0.15, -0.1) is 0 Å². The topological polar surface area (TPSA) is 47.7 Å². The molecule has 0 spiro atoms. The van der Waals surface area contributed by atoms with Crippen LogP contribution >= 0.6 is 0 Å². The summed E-state index contributed by atoms with van der Waals surface area (Å²) in [5.74, 6) is 0.935. The smallest absolute Gasteiger partial charge is 0.160 e. The number of hydrogen-bond acceptors (Lipinski definition) is 3. The van der Waals surface area contributed by atoms with Crippen molar-refractivity contribution in [3.8, 4) is 5.82 Å². The van der Waals surface area contributed by atoms with Crippen LogP contribution in [0.15, 0.2) is 24.8 Å². The molecule has 5 heteroatoms. The molecule has 0 saturated carbocycles. The molecule has 0 aliphatic carbocycles. The van der Waals surface area contributed by atoms with Gasteiger partial charge in [0.15, 0.2) is 5.82 Å². The van der Waals surface area contributed by atoms with Crippen LogP contribution < -0.4 is 5.32 Å². The molecule has 2 aromatic heterocycles. The molecule has 0 bridgehead atoms. The number of nitrogens with zero attached hydrogens (tertiary/aromatic N) is 4. The number of piperidine rings is 1. The van der Waals surface area contributed by atoms with Crippen molar-refractivity contribution < 1.29 is 0 Å². The van der Waals surface area contributed by atoms with Crippen molar-refractivity contribution in [2.75, 3.05) is 0 Å². The van der Waals surface area contributed by atoms with Gasteiger partial charge in [0.1, 0.15) is 6.33 Å². The zero-order valence-electron chi connectivity index (χ0n) is 10.9. The molecule has 1 aliphatic rings. The second-order valence-electron chi connectivity index (χ2n) is 5.09. The van der Waals surface area contributed by atoms with Crippen LogP contribution in [0.1, 0.15) is 37.9 Å². The molecule has 2 aromatic rings. The number of aromatic nitrogens is 4. The molecule has 0 amide bonds. The SMILES string of the molecule is CC1CCCC(c2cncn2-c2ccn(C)n2)N1. The zero-order chi connectivity index (χ0) is 12.5. The predicted molar refractivity (Wildman–Crippen MR) is 69.5 cm³/mol. The summed E-state index contributed by atoms with van der Waals surface area (Å²) in [6, 6.07) is 2.98. The van der Waals surface area contributed by atoms with Crippen molar-refractivity contribution >= 4 is 0 Å². The van der Waals surface area contributed by atoms with Crippen molar-refractivity contribution in [1.29, 1.82) is 0 Å². The Labute approximate surface area is 107 Å². The Balaban J connectivity index is 1.91. The van der Waals surface area contributed by atoms with E-state index in [0.717, 1.165) is 5.82 Å². The van der Waals surface area contributed by atoms with Gasteiger partial charge in [-0.1, -0.05) is 0 Å². The Bertz CT molecular complexity index is 527. The normalized spacial score (nSPS) is 24.3. The van der Waals surface area contributed by atoms with Gasteiger partial charge in [0, 0.05) is 31.4 Å². The first-order valence-electron chi connectivity index (χ1n) is 6.52. The minimum atomic E-state index is 0.387. The van der Waals surface area contributed by atoms with Crippen molar-refractivity contribution in [3.05, 3.63) is 30.5 Å². The Hall–Kier alpha value is -1.62. The monoisotopic (exact) mass is 245 g/mol. The van der Waals surface area contributed by atoms with E-state index in [9.17, 15) is 0 Å². The highest BCUT2D eigenvalue weighted by Gasteiger charge is 2.22. The van der Waals surface area contributed by atoms with Gasteiger partial charge >= 0.3 is 0 Å². The standard InChI is InChI=1S/C13H19N5/c1-10-4-3-5-11(15-10)12-8-14-9-18(12)13-6-7-17(2)16-13/h6-11,15H,3-5H2,1-2H3. The molecule has 1 N–H and O–H groups in total. The van der Waals surface area contributed by atoms with E-state index < -0.39 is 0 Å². The Morgan fingerprint density at radius 3 is 3.00 bits per heavy atom. The van der Waals surface area contributed by atoms with Gasteiger partial charge in [-0.3, -0.25) is 9.25 Å². The Kier molecular flexibility index (Phi) is 2.91. The van der Waals surface area contributed by atoms with E-state index in [1.807, 2.05) is 36.5 Å². The fourth-order valence-corrected chi connectivity index (χ4v) is 2.66. The highest BCUT2D eigenvalue weighted by Crippen LogP contribution is 2.26. The van der Waals surface area contributed by atoms with Crippen molar-refractivity contribution in [2.24, 2.45) is 7.05 Å². The van der Waals surface area contributed by atoms with Crippen LogP contribution in [-0.4, -0.2) is 25.4 Å². The third-order valence-electron chi connectivity index (χ3n) is 3.59. The lowest BCUT2D eigenvalue weighted by Crippen LogP contribution is -2.35. The van der Waals surface area contributed by atoms with Gasteiger partial charge in [-0.2, -0.15) is 5.10 Å². The predicted octanol–water partition coefficient (Wildman–Crippen LogP) is 1.81. The van der Waals surface area contributed by atoms with E-state index in [2.05, 4.69) is 26.9 Å². The lowest BCUT2D eigenvalue weighted by molar-refractivity contribution is 0.334. The fraction of sp³-hybridized carbons (Fsp3) is 0.538. The van der Waals surface area contributed by atoms with Gasteiger partial charge in [0.2, 0.25) is 0 Å². The second-order valence-corrected chi connectivity index (χ2v) is 5.09. The Morgan fingerprint density at radius 2 is 2.28 bits per heavy atom. The maximum absolute atomic E-state index is 4.44. The maximum Gasteiger partial charge on any atom is 0.160 e. The average molecular weight is 245 g/mol. The van der Waals surface area contributed by atoms with Crippen LogP contribution in [0, 0.1) is 0 Å². The highest BCUT2D eigenvalue weighted by atomic mass is 15.3. The molecule has 2 atom stereocenters. The summed E-state index contributed by atoms with van der Waals surface area (Å²) in [7, 11) is 1.93. The molecule has 18 heavy (non-hydrogen) atoms.